The minimum absolute atomic E-state index is 0.141. The highest BCUT2D eigenvalue weighted by Gasteiger charge is 2.11. The molecule has 1 aliphatic carbocycles. The van der Waals surface area contributed by atoms with Gasteiger partial charge in [0.2, 0.25) is 0 Å². The van der Waals surface area contributed by atoms with E-state index in [-0.39, 0.29) is 5.75 Å². The largest absolute Gasteiger partial charge is 0.508 e. The molecule has 0 aromatic heterocycles. The molecule has 0 spiro atoms. The molecule has 1 N–H and O–H groups in total. The van der Waals surface area contributed by atoms with E-state index < -0.39 is 0 Å². The van der Waals surface area contributed by atoms with Crippen molar-refractivity contribution in [3.63, 3.8) is 0 Å². The summed E-state index contributed by atoms with van der Waals surface area (Å²) in [7, 11) is 0. The van der Waals surface area contributed by atoms with Crippen LogP contribution in [-0.2, 0) is 12.8 Å². The van der Waals surface area contributed by atoms with Crippen LogP contribution < -0.4 is 4.74 Å². The van der Waals surface area contributed by atoms with E-state index in [1.54, 1.807) is 12.1 Å². The normalized spacial score (nSPS) is 13.9. The van der Waals surface area contributed by atoms with E-state index >= 15 is 0 Å². The van der Waals surface area contributed by atoms with Crippen LogP contribution in [0, 0.1) is 0 Å². The maximum atomic E-state index is 9.32. The summed E-state index contributed by atoms with van der Waals surface area (Å²) in [5, 5.41) is 9.74. The van der Waals surface area contributed by atoms with E-state index in [2.05, 4.69) is 12.1 Å². The van der Waals surface area contributed by atoms with Crippen LogP contribution in [0.15, 0.2) is 36.4 Å². The van der Waals surface area contributed by atoms with Gasteiger partial charge in [0.15, 0.2) is 0 Å². The maximum absolute atomic E-state index is 9.32. The molecule has 2 aromatic carbocycles. The molecule has 1 aliphatic rings. The molecule has 0 atom stereocenters. The second-order valence-electron chi connectivity index (χ2n) is 4.85. The summed E-state index contributed by atoms with van der Waals surface area (Å²) < 4.78 is 5.79. The van der Waals surface area contributed by atoms with Crippen molar-refractivity contribution < 1.29 is 9.84 Å². The smallest absolute Gasteiger partial charge is 0.146 e. The first-order valence-corrected chi connectivity index (χ1v) is 6.88. The fourth-order valence-electron chi connectivity index (χ4n) is 2.47. The average Bonchev–Trinajstić information content (AvgIpc) is 2.42. The molecule has 3 rings (SSSR count). The van der Waals surface area contributed by atoms with Crippen LogP contribution in [-0.4, -0.2) is 5.11 Å². The second-order valence-corrected chi connectivity index (χ2v) is 5.26. The van der Waals surface area contributed by atoms with Crippen LogP contribution in [0.4, 0.5) is 0 Å². The monoisotopic (exact) mass is 274 g/mol. The van der Waals surface area contributed by atoms with Gasteiger partial charge in [-0.25, -0.2) is 0 Å². The van der Waals surface area contributed by atoms with E-state index in [0.717, 1.165) is 18.6 Å². The van der Waals surface area contributed by atoms with Crippen LogP contribution >= 0.6 is 11.6 Å². The lowest BCUT2D eigenvalue weighted by atomic mass is 9.92. The molecular weight excluding hydrogens is 260 g/mol. The molecule has 0 heterocycles. The number of aryl methyl sites for hydroxylation is 2. The molecule has 0 fully saturated rings. The van der Waals surface area contributed by atoms with Gasteiger partial charge in [0, 0.05) is 6.07 Å². The Morgan fingerprint density at radius 2 is 1.74 bits per heavy atom. The van der Waals surface area contributed by atoms with Gasteiger partial charge in [-0.1, -0.05) is 17.7 Å². The van der Waals surface area contributed by atoms with Crippen molar-refractivity contribution in [2.75, 3.05) is 0 Å². The first-order chi connectivity index (χ1) is 9.22. The van der Waals surface area contributed by atoms with Gasteiger partial charge in [-0.05, 0) is 61.1 Å². The number of rotatable bonds is 2. The molecule has 0 radical (unpaired) electrons. The third-order valence-electron chi connectivity index (χ3n) is 3.46. The molecule has 3 heteroatoms. The summed E-state index contributed by atoms with van der Waals surface area (Å²) in [5.74, 6) is 1.51. The lowest BCUT2D eigenvalue weighted by Crippen LogP contribution is -2.02. The number of ether oxygens (including phenoxy) is 1. The number of halogens is 1. The van der Waals surface area contributed by atoms with E-state index in [9.17, 15) is 5.11 Å². The molecule has 0 amide bonds. The van der Waals surface area contributed by atoms with Crippen molar-refractivity contribution in [2.45, 2.75) is 25.7 Å². The van der Waals surface area contributed by atoms with Gasteiger partial charge in [-0.2, -0.15) is 0 Å². The van der Waals surface area contributed by atoms with Crippen molar-refractivity contribution in [3.8, 4) is 17.2 Å². The average molecular weight is 275 g/mol. The molecular formula is C16H15ClO2. The Morgan fingerprint density at radius 1 is 0.947 bits per heavy atom. The second kappa shape index (κ2) is 5.14. The van der Waals surface area contributed by atoms with Crippen molar-refractivity contribution >= 4 is 11.6 Å². The molecule has 98 valence electrons. The third kappa shape index (κ3) is 2.69. The molecule has 0 bridgehead atoms. The highest BCUT2D eigenvalue weighted by atomic mass is 35.5. The number of hydrogen-bond acceptors (Lipinski definition) is 2. The Balaban J connectivity index is 1.87. The van der Waals surface area contributed by atoms with Crippen molar-refractivity contribution in [2.24, 2.45) is 0 Å². The summed E-state index contributed by atoms with van der Waals surface area (Å²) in [6.45, 7) is 0. The number of benzene rings is 2. The van der Waals surface area contributed by atoms with E-state index in [4.69, 9.17) is 16.3 Å². The SMILES string of the molecule is Oc1ccc(Oc2ccc3c(c2)CCCC3)c(Cl)c1. The number of aromatic hydroxyl groups is 1. The summed E-state index contributed by atoms with van der Waals surface area (Å²) >= 11 is 6.04. The first kappa shape index (κ1) is 12.4. The summed E-state index contributed by atoms with van der Waals surface area (Å²) in [4.78, 5) is 0. The van der Waals surface area contributed by atoms with Crippen molar-refractivity contribution in [1.29, 1.82) is 0 Å². The van der Waals surface area contributed by atoms with Gasteiger partial charge in [-0.15, -0.1) is 0 Å². The number of phenolic OH excluding ortho intramolecular Hbond substituents is 1. The first-order valence-electron chi connectivity index (χ1n) is 6.50. The molecule has 0 unspecified atom stereocenters. The summed E-state index contributed by atoms with van der Waals surface area (Å²) in [5.41, 5.74) is 2.80. The zero-order chi connectivity index (χ0) is 13.2. The maximum Gasteiger partial charge on any atom is 0.146 e. The summed E-state index contributed by atoms with van der Waals surface area (Å²) in [6.07, 6.45) is 4.80. The Labute approximate surface area is 117 Å². The quantitative estimate of drug-likeness (QED) is 0.859. The van der Waals surface area contributed by atoms with Gasteiger partial charge in [-0.3, -0.25) is 0 Å². The lowest BCUT2D eigenvalue weighted by Gasteiger charge is -2.17. The molecule has 0 aliphatic heterocycles. The molecule has 2 nitrogen and oxygen atoms in total. The zero-order valence-corrected chi connectivity index (χ0v) is 11.3. The number of fused-ring (bicyclic) bond motifs is 1. The summed E-state index contributed by atoms with van der Waals surface area (Å²) in [6, 6.07) is 10.9. The molecule has 0 saturated heterocycles. The number of hydrogen-bond donors (Lipinski definition) is 1. The predicted molar refractivity (Wildman–Crippen MR) is 76.3 cm³/mol. The molecule has 0 saturated carbocycles. The van der Waals surface area contributed by atoms with Crippen LogP contribution in [0.2, 0.25) is 5.02 Å². The Hall–Kier alpha value is -1.67. The van der Waals surface area contributed by atoms with Gasteiger partial charge in [0.05, 0.1) is 5.02 Å². The predicted octanol–water partition coefficient (Wildman–Crippen LogP) is 4.72. The molecule has 19 heavy (non-hydrogen) atoms. The molecule has 2 aromatic rings. The highest BCUT2D eigenvalue weighted by Crippen LogP contribution is 2.33. The number of phenols is 1. The Morgan fingerprint density at radius 3 is 2.53 bits per heavy atom. The zero-order valence-electron chi connectivity index (χ0n) is 10.5. The highest BCUT2D eigenvalue weighted by molar-refractivity contribution is 6.32. The van der Waals surface area contributed by atoms with Gasteiger partial charge in [0.1, 0.15) is 17.2 Å². The van der Waals surface area contributed by atoms with Crippen LogP contribution in [0.25, 0.3) is 0 Å². The van der Waals surface area contributed by atoms with Crippen molar-refractivity contribution in [3.05, 3.63) is 52.5 Å². The van der Waals surface area contributed by atoms with Crippen LogP contribution in [0.1, 0.15) is 24.0 Å². The van der Waals surface area contributed by atoms with Crippen molar-refractivity contribution in [1.82, 2.24) is 0 Å². The van der Waals surface area contributed by atoms with E-state index in [0.29, 0.717) is 10.8 Å². The minimum atomic E-state index is 0.141. The minimum Gasteiger partial charge on any atom is -0.508 e. The Bertz CT molecular complexity index is 608. The van der Waals surface area contributed by atoms with E-state index in [1.807, 2.05) is 6.07 Å². The fraction of sp³-hybridized carbons (Fsp3) is 0.250. The van der Waals surface area contributed by atoms with E-state index in [1.165, 1.54) is 30.0 Å². The van der Waals surface area contributed by atoms with Crippen LogP contribution in [0.3, 0.4) is 0 Å². The fourth-order valence-corrected chi connectivity index (χ4v) is 2.69. The van der Waals surface area contributed by atoms with Gasteiger partial charge in [0.25, 0.3) is 0 Å². The van der Waals surface area contributed by atoms with Crippen LogP contribution in [0.5, 0.6) is 17.2 Å². The lowest BCUT2D eigenvalue weighted by molar-refractivity contribution is 0.464. The van der Waals surface area contributed by atoms with Gasteiger partial charge >= 0.3 is 0 Å². The van der Waals surface area contributed by atoms with Gasteiger partial charge < -0.3 is 9.84 Å². The standard InChI is InChI=1S/C16H15ClO2/c17-15-10-13(18)6-8-16(15)19-14-7-5-11-3-1-2-4-12(11)9-14/h5-10,18H,1-4H2. The topological polar surface area (TPSA) is 29.5 Å². The Kier molecular flexibility index (Phi) is 3.34. The third-order valence-corrected chi connectivity index (χ3v) is 3.76.